The maximum atomic E-state index is 12.5. The summed E-state index contributed by atoms with van der Waals surface area (Å²) in [5, 5.41) is 12.1. The van der Waals surface area contributed by atoms with Crippen LogP contribution in [0.25, 0.3) is 10.9 Å². The molecule has 2 N–H and O–H groups in total. The number of H-pyrrole nitrogens is 1. The summed E-state index contributed by atoms with van der Waals surface area (Å²) in [6.45, 7) is 4.10. The lowest BCUT2D eigenvalue weighted by Crippen LogP contribution is -2.50. The van der Waals surface area contributed by atoms with Gasteiger partial charge in [0.1, 0.15) is 0 Å². The van der Waals surface area contributed by atoms with Crippen LogP contribution >= 0.6 is 11.6 Å². The topological polar surface area (TPSA) is 64.3 Å². The molecule has 1 saturated heterocycles. The lowest BCUT2D eigenvalue weighted by Gasteiger charge is -2.36. The van der Waals surface area contributed by atoms with Crippen molar-refractivity contribution < 1.29 is 4.79 Å². The second-order valence-electron chi connectivity index (χ2n) is 6.74. The van der Waals surface area contributed by atoms with Gasteiger partial charge in [0.2, 0.25) is 5.91 Å². The zero-order valence-corrected chi connectivity index (χ0v) is 15.7. The van der Waals surface area contributed by atoms with Crippen molar-refractivity contribution in [2.24, 2.45) is 0 Å². The second-order valence-corrected chi connectivity index (χ2v) is 7.18. The summed E-state index contributed by atoms with van der Waals surface area (Å²) < 4.78 is 0. The number of halogens is 1. The van der Waals surface area contributed by atoms with Crippen LogP contribution in [0.5, 0.6) is 0 Å². The molecule has 7 heteroatoms. The molecule has 2 aromatic carbocycles. The van der Waals surface area contributed by atoms with Gasteiger partial charge in [-0.3, -0.25) is 9.89 Å². The van der Waals surface area contributed by atoms with Gasteiger partial charge >= 0.3 is 0 Å². The quantitative estimate of drug-likeness (QED) is 0.711. The fraction of sp³-hybridized carbons (Fsp3) is 0.300. The number of aromatic amines is 1. The number of carbonyl (C=O) groups excluding carboxylic acids is 1. The first kappa shape index (κ1) is 17.8. The number of nitrogens with one attached hydrogen (secondary N) is 2. The van der Waals surface area contributed by atoms with Crippen LogP contribution in [0.4, 0.5) is 5.69 Å². The molecular weight excluding hydrogens is 362 g/mol. The summed E-state index contributed by atoms with van der Waals surface area (Å²) in [6, 6.07) is 14.0. The molecule has 3 aromatic rings. The molecule has 140 valence electrons. The van der Waals surface area contributed by atoms with E-state index in [1.165, 1.54) is 0 Å². The Morgan fingerprint density at radius 2 is 2.00 bits per heavy atom. The molecule has 0 spiro atoms. The lowest BCUT2D eigenvalue weighted by atomic mass is 10.1. The van der Waals surface area contributed by atoms with E-state index < -0.39 is 0 Å². The van der Waals surface area contributed by atoms with E-state index in [4.69, 9.17) is 11.6 Å². The number of hydrogen-bond acceptors (Lipinski definition) is 4. The van der Waals surface area contributed by atoms with Crippen LogP contribution in [0.15, 0.2) is 48.7 Å². The van der Waals surface area contributed by atoms with Crippen molar-refractivity contribution in [2.75, 3.05) is 37.6 Å². The molecule has 1 aliphatic heterocycles. The van der Waals surface area contributed by atoms with E-state index in [0.29, 0.717) is 13.1 Å². The first-order chi connectivity index (χ1) is 13.2. The zero-order chi connectivity index (χ0) is 18.6. The Labute approximate surface area is 163 Å². The summed E-state index contributed by atoms with van der Waals surface area (Å²) in [5.41, 5.74) is 3.25. The van der Waals surface area contributed by atoms with Gasteiger partial charge in [-0.2, -0.15) is 5.10 Å². The number of anilines is 1. The van der Waals surface area contributed by atoms with Gasteiger partial charge in [-0.25, -0.2) is 0 Å². The SMILES string of the molecule is O=C(CNCc1ccc2cn[nH]c2c1)N1CCN(c2cccc(Cl)c2)CC1. The van der Waals surface area contributed by atoms with E-state index in [2.05, 4.69) is 38.6 Å². The molecule has 27 heavy (non-hydrogen) atoms. The highest BCUT2D eigenvalue weighted by atomic mass is 35.5. The Bertz CT molecular complexity index is 933. The molecule has 4 rings (SSSR count). The fourth-order valence-corrected chi connectivity index (χ4v) is 3.59. The minimum Gasteiger partial charge on any atom is -0.368 e. The highest BCUT2D eigenvalue weighted by molar-refractivity contribution is 6.30. The van der Waals surface area contributed by atoms with Crippen LogP contribution in [-0.2, 0) is 11.3 Å². The fourth-order valence-electron chi connectivity index (χ4n) is 3.41. The number of fused-ring (bicyclic) bond motifs is 1. The highest BCUT2D eigenvalue weighted by Gasteiger charge is 2.21. The van der Waals surface area contributed by atoms with Crippen LogP contribution < -0.4 is 10.2 Å². The van der Waals surface area contributed by atoms with Crippen LogP contribution in [-0.4, -0.2) is 53.7 Å². The molecular formula is C20H22ClN5O. The average Bonchev–Trinajstić information content (AvgIpc) is 3.16. The molecule has 1 fully saturated rings. The van der Waals surface area contributed by atoms with E-state index in [1.54, 1.807) is 6.20 Å². The first-order valence-corrected chi connectivity index (χ1v) is 9.48. The van der Waals surface area contributed by atoms with Gasteiger partial charge in [-0.05, 0) is 29.8 Å². The van der Waals surface area contributed by atoms with E-state index in [9.17, 15) is 4.79 Å². The number of aromatic nitrogens is 2. The molecule has 0 radical (unpaired) electrons. The van der Waals surface area contributed by atoms with E-state index in [0.717, 1.165) is 53.4 Å². The van der Waals surface area contributed by atoms with Crippen LogP contribution in [0.1, 0.15) is 5.56 Å². The Balaban J connectivity index is 1.24. The zero-order valence-electron chi connectivity index (χ0n) is 15.0. The summed E-state index contributed by atoms with van der Waals surface area (Å²) in [5.74, 6) is 0.142. The summed E-state index contributed by atoms with van der Waals surface area (Å²) in [7, 11) is 0. The number of benzene rings is 2. The molecule has 0 unspecified atom stereocenters. The Morgan fingerprint density at radius 1 is 1.15 bits per heavy atom. The Hall–Kier alpha value is -2.57. The maximum Gasteiger partial charge on any atom is 0.236 e. The summed E-state index contributed by atoms with van der Waals surface area (Å²) in [6.07, 6.45) is 1.80. The molecule has 1 aromatic heterocycles. The monoisotopic (exact) mass is 383 g/mol. The molecule has 1 aliphatic rings. The number of hydrogen-bond donors (Lipinski definition) is 2. The molecule has 6 nitrogen and oxygen atoms in total. The predicted molar refractivity (Wildman–Crippen MR) is 108 cm³/mol. The van der Waals surface area contributed by atoms with E-state index >= 15 is 0 Å². The van der Waals surface area contributed by atoms with Crippen LogP contribution in [0, 0.1) is 0 Å². The van der Waals surface area contributed by atoms with Crippen molar-refractivity contribution in [3.05, 3.63) is 59.2 Å². The summed E-state index contributed by atoms with van der Waals surface area (Å²) in [4.78, 5) is 16.7. The Kier molecular flexibility index (Phi) is 5.27. The smallest absolute Gasteiger partial charge is 0.236 e. The average molecular weight is 384 g/mol. The first-order valence-electron chi connectivity index (χ1n) is 9.10. The van der Waals surface area contributed by atoms with Crippen molar-refractivity contribution in [3.8, 4) is 0 Å². The number of carbonyl (C=O) groups is 1. The largest absolute Gasteiger partial charge is 0.368 e. The number of piperazine rings is 1. The standard InChI is InChI=1S/C20H22ClN5O/c21-17-2-1-3-18(11-17)25-6-8-26(9-7-25)20(27)14-22-12-15-4-5-16-13-23-24-19(16)10-15/h1-5,10-11,13,22H,6-9,12,14H2,(H,23,24). The number of rotatable bonds is 5. The van der Waals surface area contributed by atoms with Crippen molar-refractivity contribution in [2.45, 2.75) is 6.54 Å². The second kappa shape index (κ2) is 7.98. The normalized spacial score (nSPS) is 14.7. The predicted octanol–water partition coefficient (Wildman–Crippen LogP) is 2.65. The minimum atomic E-state index is 0.142. The van der Waals surface area contributed by atoms with Gasteiger partial charge < -0.3 is 15.1 Å². The van der Waals surface area contributed by atoms with Gasteiger partial charge in [0, 0.05) is 48.8 Å². The highest BCUT2D eigenvalue weighted by Crippen LogP contribution is 2.20. The van der Waals surface area contributed by atoms with E-state index in [1.807, 2.05) is 29.2 Å². The van der Waals surface area contributed by atoms with Crippen molar-refractivity contribution in [3.63, 3.8) is 0 Å². The van der Waals surface area contributed by atoms with Gasteiger partial charge in [0.15, 0.2) is 0 Å². The third-order valence-corrected chi connectivity index (χ3v) is 5.15. The van der Waals surface area contributed by atoms with Crippen molar-refractivity contribution >= 4 is 34.1 Å². The number of nitrogens with zero attached hydrogens (tertiary/aromatic N) is 3. The van der Waals surface area contributed by atoms with Crippen LogP contribution in [0.2, 0.25) is 5.02 Å². The van der Waals surface area contributed by atoms with E-state index in [-0.39, 0.29) is 5.91 Å². The van der Waals surface area contributed by atoms with Gasteiger partial charge in [-0.15, -0.1) is 0 Å². The van der Waals surface area contributed by atoms with Crippen LogP contribution in [0.3, 0.4) is 0 Å². The van der Waals surface area contributed by atoms with Crippen molar-refractivity contribution in [1.29, 1.82) is 0 Å². The lowest BCUT2D eigenvalue weighted by molar-refractivity contribution is -0.130. The maximum absolute atomic E-state index is 12.5. The van der Waals surface area contributed by atoms with Gasteiger partial charge in [0.25, 0.3) is 0 Å². The third-order valence-electron chi connectivity index (χ3n) is 4.92. The van der Waals surface area contributed by atoms with Gasteiger partial charge in [-0.1, -0.05) is 29.8 Å². The molecule has 0 atom stereocenters. The third kappa shape index (κ3) is 4.23. The Morgan fingerprint density at radius 3 is 2.81 bits per heavy atom. The molecule has 2 heterocycles. The molecule has 1 amide bonds. The van der Waals surface area contributed by atoms with Gasteiger partial charge in [0.05, 0.1) is 18.3 Å². The van der Waals surface area contributed by atoms with Crippen molar-refractivity contribution in [1.82, 2.24) is 20.4 Å². The summed E-state index contributed by atoms with van der Waals surface area (Å²) >= 11 is 6.07. The minimum absolute atomic E-state index is 0.142. The number of amides is 1. The molecule has 0 bridgehead atoms. The molecule has 0 aliphatic carbocycles. The molecule has 0 saturated carbocycles.